The van der Waals surface area contributed by atoms with E-state index in [2.05, 4.69) is 20.9 Å². The lowest BCUT2D eigenvalue weighted by Gasteiger charge is -2.36. The number of hydrogen-bond donors (Lipinski definition) is 1. The predicted molar refractivity (Wildman–Crippen MR) is 76.4 cm³/mol. The second-order valence-corrected chi connectivity index (χ2v) is 5.72. The number of rotatable bonds is 2. The van der Waals surface area contributed by atoms with Gasteiger partial charge in [-0.25, -0.2) is 9.97 Å². The number of aromatic nitrogens is 2. The van der Waals surface area contributed by atoms with Crippen molar-refractivity contribution in [1.29, 1.82) is 0 Å². The Hall–Kier alpha value is -1.69. The minimum atomic E-state index is 0.150. The maximum Gasteiger partial charge on any atom is 0.219 e. The molecule has 6 nitrogen and oxygen atoms in total. The first kappa shape index (κ1) is 13.3. The first-order chi connectivity index (χ1) is 9.63. The van der Waals surface area contributed by atoms with Crippen molar-refractivity contribution >= 4 is 11.7 Å². The number of piperazine rings is 1. The number of nitrogens with zero attached hydrogens (tertiary/aromatic N) is 4. The Morgan fingerprint density at radius 2 is 1.95 bits per heavy atom. The second-order valence-electron chi connectivity index (χ2n) is 5.72. The molecule has 1 saturated carbocycles. The Balaban J connectivity index is 1.66. The van der Waals surface area contributed by atoms with Gasteiger partial charge in [-0.1, -0.05) is 0 Å². The van der Waals surface area contributed by atoms with Crippen LogP contribution >= 0.6 is 0 Å². The summed E-state index contributed by atoms with van der Waals surface area (Å²) in [5.41, 5.74) is 6.94. The smallest absolute Gasteiger partial charge is 0.219 e. The zero-order valence-corrected chi connectivity index (χ0v) is 11.8. The van der Waals surface area contributed by atoms with Crippen molar-refractivity contribution in [2.45, 2.75) is 31.7 Å². The first-order valence-electron chi connectivity index (χ1n) is 7.21. The van der Waals surface area contributed by atoms with Gasteiger partial charge in [-0.2, -0.15) is 0 Å². The molecule has 1 aromatic heterocycles. The predicted octanol–water partition coefficient (Wildman–Crippen LogP) is 0.350. The molecule has 1 aliphatic heterocycles. The quantitative estimate of drug-likeness (QED) is 0.843. The Bertz CT molecular complexity index is 492. The molecule has 2 fully saturated rings. The zero-order chi connectivity index (χ0) is 14.1. The number of hydrogen-bond acceptors (Lipinski definition) is 5. The van der Waals surface area contributed by atoms with E-state index in [1.807, 2.05) is 4.90 Å². The van der Waals surface area contributed by atoms with Gasteiger partial charge in [0.25, 0.3) is 0 Å². The fourth-order valence-corrected chi connectivity index (χ4v) is 2.91. The van der Waals surface area contributed by atoms with Gasteiger partial charge in [0, 0.05) is 56.8 Å². The van der Waals surface area contributed by atoms with Gasteiger partial charge in [0.15, 0.2) is 0 Å². The van der Waals surface area contributed by atoms with Crippen molar-refractivity contribution in [2.75, 3.05) is 31.1 Å². The van der Waals surface area contributed by atoms with Crippen LogP contribution in [0.1, 0.15) is 31.4 Å². The van der Waals surface area contributed by atoms with E-state index in [9.17, 15) is 4.79 Å². The molecule has 6 heteroatoms. The van der Waals surface area contributed by atoms with E-state index < -0.39 is 0 Å². The largest absolute Gasteiger partial charge is 0.353 e. The van der Waals surface area contributed by atoms with Gasteiger partial charge in [0.1, 0.15) is 12.1 Å². The lowest BCUT2D eigenvalue weighted by atomic mass is 9.78. The van der Waals surface area contributed by atoms with Gasteiger partial charge in [0.2, 0.25) is 5.91 Å². The third kappa shape index (κ3) is 2.60. The average molecular weight is 275 g/mol. The van der Waals surface area contributed by atoms with Crippen LogP contribution in [0.4, 0.5) is 5.82 Å². The molecule has 20 heavy (non-hydrogen) atoms. The van der Waals surface area contributed by atoms with Crippen molar-refractivity contribution in [3.63, 3.8) is 0 Å². The van der Waals surface area contributed by atoms with Crippen LogP contribution in [0.15, 0.2) is 12.4 Å². The molecule has 108 valence electrons. The summed E-state index contributed by atoms with van der Waals surface area (Å²) in [4.78, 5) is 24.2. The summed E-state index contributed by atoms with van der Waals surface area (Å²) >= 11 is 0. The molecule has 0 bridgehead atoms. The van der Waals surface area contributed by atoms with Crippen molar-refractivity contribution in [2.24, 2.45) is 5.73 Å². The minimum Gasteiger partial charge on any atom is -0.353 e. The lowest BCUT2D eigenvalue weighted by Crippen LogP contribution is -2.48. The molecule has 0 radical (unpaired) electrons. The maximum absolute atomic E-state index is 11.3. The van der Waals surface area contributed by atoms with Gasteiger partial charge < -0.3 is 15.5 Å². The number of nitrogens with two attached hydrogens (primary N) is 1. The number of amides is 1. The SMILES string of the molecule is CC(=O)N1CCN(c2cc(C3CC(N)C3)ncn2)CC1. The highest BCUT2D eigenvalue weighted by Crippen LogP contribution is 2.35. The summed E-state index contributed by atoms with van der Waals surface area (Å²) in [6.45, 7) is 4.82. The van der Waals surface area contributed by atoms with Crippen molar-refractivity contribution in [3.8, 4) is 0 Å². The third-order valence-corrected chi connectivity index (χ3v) is 4.32. The summed E-state index contributed by atoms with van der Waals surface area (Å²) in [5.74, 6) is 1.61. The minimum absolute atomic E-state index is 0.150. The van der Waals surface area contributed by atoms with Crippen molar-refractivity contribution in [3.05, 3.63) is 18.1 Å². The highest BCUT2D eigenvalue weighted by molar-refractivity contribution is 5.73. The topological polar surface area (TPSA) is 75.4 Å². The maximum atomic E-state index is 11.3. The van der Waals surface area contributed by atoms with Gasteiger partial charge >= 0.3 is 0 Å². The molecule has 1 saturated heterocycles. The fraction of sp³-hybridized carbons (Fsp3) is 0.643. The van der Waals surface area contributed by atoms with Crippen LogP contribution in [0.5, 0.6) is 0 Å². The second kappa shape index (κ2) is 5.36. The molecule has 1 aliphatic carbocycles. The van der Waals surface area contributed by atoms with Crippen LogP contribution in [-0.4, -0.2) is 53.0 Å². The molecule has 3 rings (SSSR count). The van der Waals surface area contributed by atoms with Crippen LogP contribution in [-0.2, 0) is 4.79 Å². The molecule has 2 N–H and O–H groups in total. The van der Waals surface area contributed by atoms with Crippen LogP contribution in [0.3, 0.4) is 0 Å². The summed E-state index contributed by atoms with van der Waals surface area (Å²) in [6, 6.07) is 2.41. The molecule has 0 atom stereocenters. The van der Waals surface area contributed by atoms with Crippen molar-refractivity contribution < 1.29 is 4.79 Å². The van der Waals surface area contributed by atoms with Crippen LogP contribution < -0.4 is 10.6 Å². The van der Waals surface area contributed by atoms with E-state index in [4.69, 9.17) is 5.73 Å². The molecule has 2 aliphatic rings. The van der Waals surface area contributed by atoms with Crippen LogP contribution in [0.2, 0.25) is 0 Å². The van der Waals surface area contributed by atoms with Crippen molar-refractivity contribution in [1.82, 2.24) is 14.9 Å². The summed E-state index contributed by atoms with van der Waals surface area (Å²) in [5, 5.41) is 0. The molecular formula is C14H21N5O. The lowest BCUT2D eigenvalue weighted by molar-refractivity contribution is -0.129. The molecular weight excluding hydrogens is 254 g/mol. The number of carbonyl (C=O) groups excluding carboxylic acids is 1. The van der Waals surface area contributed by atoms with E-state index in [1.165, 1.54) is 0 Å². The molecule has 1 aromatic rings. The van der Waals surface area contributed by atoms with E-state index in [0.29, 0.717) is 12.0 Å². The normalized spacial score (nSPS) is 26.3. The first-order valence-corrected chi connectivity index (χ1v) is 7.21. The average Bonchev–Trinajstić information content (AvgIpc) is 2.44. The van der Waals surface area contributed by atoms with Gasteiger partial charge in [-0.05, 0) is 12.8 Å². The monoisotopic (exact) mass is 275 g/mol. The Labute approximate surface area is 119 Å². The van der Waals surface area contributed by atoms with Crippen LogP contribution in [0, 0.1) is 0 Å². The van der Waals surface area contributed by atoms with Crippen LogP contribution in [0.25, 0.3) is 0 Å². The highest BCUT2D eigenvalue weighted by Gasteiger charge is 2.29. The van der Waals surface area contributed by atoms with E-state index >= 15 is 0 Å². The summed E-state index contributed by atoms with van der Waals surface area (Å²) < 4.78 is 0. The Kier molecular flexibility index (Phi) is 3.56. The summed E-state index contributed by atoms with van der Waals surface area (Å²) in [7, 11) is 0. The molecule has 0 unspecified atom stereocenters. The molecule has 1 amide bonds. The standard InChI is InChI=1S/C14H21N5O/c1-10(20)18-2-4-19(5-3-18)14-8-13(16-9-17-14)11-6-12(15)7-11/h8-9,11-12H,2-7,15H2,1H3. The number of carbonyl (C=O) groups is 1. The summed E-state index contributed by atoms with van der Waals surface area (Å²) in [6.07, 6.45) is 3.69. The highest BCUT2D eigenvalue weighted by atomic mass is 16.2. The molecule has 0 spiro atoms. The van der Waals surface area contributed by atoms with E-state index in [-0.39, 0.29) is 5.91 Å². The third-order valence-electron chi connectivity index (χ3n) is 4.32. The zero-order valence-electron chi connectivity index (χ0n) is 11.8. The van der Waals surface area contributed by atoms with Gasteiger partial charge in [-0.15, -0.1) is 0 Å². The fourth-order valence-electron chi connectivity index (χ4n) is 2.91. The Morgan fingerprint density at radius 3 is 2.55 bits per heavy atom. The number of anilines is 1. The Morgan fingerprint density at radius 1 is 1.25 bits per heavy atom. The van der Waals surface area contributed by atoms with Gasteiger partial charge in [-0.3, -0.25) is 4.79 Å². The van der Waals surface area contributed by atoms with E-state index in [0.717, 1.165) is 50.5 Å². The molecule has 0 aromatic carbocycles. The van der Waals surface area contributed by atoms with E-state index in [1.54, 1.807) is 13.3 Å². The molecule has 2 heterocycles. The van der Waals surface area contributed by atoms with Gasteiger partial charge in [0.05, 0.1) is 0 Å².